The molecule has 0 bridgehead atoms. The number of rotatable bonds is 6. The highest BCUT2D eigenvalue weighted by atomic mass is 15.2. The van der Waals surface area contributed by atoms with E-state index in [4.69, 9.17) is 0 Å². The normalized spacial score (nSPS) is 17.1. The van der Waals surface area contributed by atoms with Crippen molar-refractivity contribution in [3.8, 4) is 0 Å². The molecule has 0 saturated carbocycles. The Balaban J connectivity index is 1.97. The van der Waals surface area contributed by atoms with Gasteiger partial charge in [-0.25, -0.2) is 0 Å². The molecule has 100 valence electrons. The van der Waals surface area contributed by atoms with Crippen LogP contribution in [-0.2, 0) is 13.1 Å². The monoisotopic (exact) mass is 246 g/mol. The molecule has 2 rings (SSSR count). The van der Waals surface area contributed by atoms with E-state index >= 15 is 0 Å². The fourth-order valence-corrected chi connectivity index (χ4v) is 2.81. The summed E-state index contributed by atoms with van der Waals surface area (Å²) in [6.07, 6.45) is 1.21. The zero-order chi connectivity index (χ0) is 13.0. The van der Waals surface area contributed by atoms with E-state index in [-0.39, 0.29) is 0 Å². The van der Waals surface area contributed by atoms with Crippen molar-refractivity contribution in [2.24, 2.45) is 5.92 Å². The predicted molar refractivity (Wildman–Crippen MR) is 77.5 cm³/mol. The summed E-state index contributed by atoms with van der Waals surface area (Å²) in [4.78, 5) is 2.62. The Morgan fingerprint density at radius 2 is 1.78 bits per heavy atom. The number of benzene rings is 1. The lowest BCUT2D eigenvalue weighted by atomic mass is 10.0. The van der Waals surface area contributed by atoms with Gasteiger partial charge in [-0.05, 0) is 30.0 Å². The largest absolute Gasteiger partial charge is 0.315 e. The molecule has 0 fully saturated rings. The molecule has 0 radical (unpaired) electrons. The van der Waals surface area contributed by atoms with Crippen LogP contribution >= 0.6 is 0 Å². The molecule has 2 nitrogen and oxygen atoms in total. The lowest BCUT2D eigenvalue weighted by Gasteiger charge is -2.31. The molecule has 1 atom stereocenters. The maximum absolute atomic E-state index is 3.58. The molecule has 1 aromatic carbocycles. The number of fused-ring (bicyclic) bond motifs is 1. The van der Waals surface area contributed by atoms with Gasteiger partial charge < -0.3 is 5.32 Å². The number of nitrogens with one attached hydrogen (secondary N) is 1. The highest BCUT2D eigenvalue weighted by Gasteiger charge is 2.27. The maximum atomic E-state index is 3.58. The van der Waals surface area contributed by atoms with Gasteiger partial charge in [0.25, 0.3) is 0 Å². The Bertz CT molecular complexity index is 348. The van der Waals surface area contributed by atoms with Crippen LogP contribution in [0.2, 0.25) is 0 Å². The first-order valence-electron chi connectivity index (χ1n) is 7.24. The molecule has 0 amide bonds. The summed E-state index contributed by atoms with van der Waals surface area (Å²) in [5, 5.41) is 3.58. The SMILES string of the molecule is CCCNCC(C(C)C)N1Cc2ccccc2C1. The Morgan fingerprint density at radius 3 is 2.28 bits per heavy atom. The van der Waals surface area contributed by atoms with Crippen molar-refractivity contribution in [2.45, 2.75) is 46.3 Å². The first-order chi connectivity index (χ1) is 8.72. The highest BCUT2D eigenvalue weighted by Crippen LogP contribution is 2.26. The Hall–Kier alpha value is -0.860. The van der Waals surface area contributed by atoms with Crippen LogP contribution in [0, 0.1) is 5.92 Å². The first kappa shape index (κ1) is 13.6. The first-order valence-corrected chi connectivity index (χ1v) is 7.24. The smallest absolute Gasteiger partial charge is 0.0250 e. The van der Waals surface area contributed by atoms with Crippen LogP contribution in [0.5, 0.6) is 0 Å². The van der Waals surface area contributed by atoms with Crippen molar-refractivity contribution >= 4 is 0 Å². The molecule has 0 saturated heterocycles. The number of hydrogen-bond acceptors (Lipinski definition) is 2. The molecule has 1 N–H and O–H groups in total. The van der Waals surface area contributed by atoms with Crippen molar-refractivity contribution < 1.29 is 0 Å². The fourth-order valence-electron chi connectivity index (χ4n) is 2.81. The third-order valence-electron chi connectivity index (χ3n) is 3.88. The van der Waals surface area contributed by atoms with E-state index in [0.717, 1.165) is 26.2 Å². The van der Waals surface area contributed by atoms with Gasteiger partial charge in [0.05, 0.1) is 0 Å². The van der Waals surface area contributed by atoms with Crippen LogP contribution in [-0.4, -0.2) is 24.0 Å². The summed E-state index contributed by atoms with van der Waals surface area (Å²) in [5.74, 6) is 0.698. The minimum Gasteiger partial charge on any atom is -0.315 e. The van der Waals surface area contributed by atoms with E-state index in [0.29, 0.717) is 12.0 Å². The summed E-state index contributed by atoms with van der Waals surface area (Å²) in [7, 11) is 0. The lowest BCUT2D eigenvalue weighted by Crippen LogP contribution is -2.43. The molecule has 0 aromatic heterocycles. The van der Waals surface area contributed by atoms with Gasteiger partial charge in [-0.3, -0.25) is 4.90 Å². The van der Waals surface area contributed by atoms with E-state index in [9.17, 15) is 0 Å². The Kier molecular flexibility index (Phi) is 4.79. The fraction of sp³-hybridized carbons (Fsp3) is 0.625. The van der Waals surface area contributed by atoms with Gasteiger partial charge in [0.2, 0.25) is 0 Å². The third-order valence-corrected chi connectivity index (χ3v) is 3.88. The average molecular weight is 246 g/mol. The van der Waals surface area contributed by atoms with Gasteiger partial charge in [-0.1, -0.05) is 45.0 Å². The molecule has 1 aliphatic rings. The van der Waals surface area contributed by atoms with Gasteiger partial charge in [0.1, 0.15) is 0 Å². The predicted octanol–water partition coefficient (Wildman–Crippen LogP) is 3.03. The highest BCUT2D eigenvalue weighted by molar-refractivity contribution is 5.30. The minimum absolute atomic E-state index is 0.643. The maximum Gasteiger partial charge on any atom is 0.0250 e. The van der Waals surface area contributed by atoms with Crippen molar-refractivity contribution in [3.05, 3.63) is 35.4 Å². The molecule has 2 heteroatoms. The van der Waals surface area contributed by atoms with Crippen molar-refractivity contribution in [2.75, 3.05) is 13.1 Å². The van der Waals surface area contributed by atoms with Crippen molar-refractivity contribution in [3.63, 3.8) is 0 Å². The van der Waals surface area contributed by atoms with Gasteiger partial charge >= 0.3 is 0 Å². The van der Waals surface area contributed by atoms with Gasteiger partial charge in [0, 0.05) is 25.7 Å². The summed E-state index contributed by atoms with van der Waals surface area (Å²) in [6.45, 7) is 11.4. The minimum atomic E-state index is 0.643. The second kappa shape index (κ2) is 6.35. The van der Waals surface area contributed by atoms with Crippen LogP contribution in [0.4, 0.5) is 0 Å². The van der Waals surface area contributed by atoms with E-state index in [1.807, 2.05) is 0 Å². The number of nitrogens with zero attached hydrogens (tertiary/aromatic N) is 1. The summed E-state index contributed by atoms with van der Waals surface area (Å²) in [6, 6.07) is 9.49. The second-order valence-electron chi connectivity index (χ2n) is 5.69. The molecule has 1 aliphatic heterocycles. The molecular formula is C16H26N2. The van der Waals surface area contributed by atoms with E-state index in [2.05, 4.69) is 55.3 Å². The summed E-state index contributed by atoms with van der Waals surface area (Å²) >= 11 is 0. The van der Waals surface area contributed by atoms with Crippen molar-refractivity contribution in [1.29, 1.82) is 0 Å². The zero-order valence-corrected chi connectivity index (χ0v) is 11.9. The molecule has 18 heavy (non-hydrogen) atoms. The van der Waals surface area contributed by atoms with Gasteiger partial charge in [-0.2, -0.15) is 0 Å². The molecule has 1 heterocycles. The molecule has 1 unspecified atom stereocenters. The summed E-state index contributed by atoms with van der Waals surface area (Å²) < 4.78 is 0. The van der Waals surface area contributed by atoms with Crippen LogP contribution in [0.3, 0.4) is 0 Å². The van der Waals surface area contributed by atoms with Gasteiger partial charge in [-0.15, -0.1) is 0 Å². The van der Waals surface area contributed by atoms with Crippen molar-refractivity contribution in [1.82, 2.24) is 10.2 Å². The topological polar surface area (TPSA) is 15.3 Å². The second-order valence-corrected chi connectivity index (χ2v) is 5.69. The zero-order valence-electron chi connectivity index (χ0n) is 11.9. The average Bonchev–Trinajstić information content (AvgIpc) is 2.77. The molecular weight excluding hydrogens is 220 g/mol. The molecule has 0 aliphatic carbocycles. The van der Waals surface area contributed by atoms with Gasteiger partial charge in [0.15, 0.2) is 0 Å². The van der Waals surface area contributed by atoms with E-state index in [1.54, 1.807) is 0 Å². The quantitative estimate of drug-likeness (QED) is 0.776. The van der Waals surface area contributed by atoms with Crippen LogP contribution in [0.15, 0.2) is 24.3 Å². The third kappa shape index (κ3) is 3.12. The molecule has 0 spiro atoms. The standard InChI is InChI=1S/C16H26N2/c1-4-9-17-10-16(13(2)3)18-11-14-7-5-6-8-15(14)12-18/h5-8,13,16-17H,4,9-12H2,1-3H3. The number of hydrogen-bond donors (Lipinski definition) is 1. The molecule has 1 aromatic rings. The summed E-state index contributed by atoms with van der Waals surface area (Å²) in [5.41, 5.74) is 3.03. The lowest BCUT2D eigenvalue weighted by molar-refractivity contribution is 0.151. The Labute approximate surface area is 111 Å². The van der Waals surface area contributed by atoms with E-state index in [1.165, 1.54) is 17.5 Å². The van der Waals surface area contributed by atoms with E-state index < -0.39 is 0 Å². The Morgan fingerprint density at radius 1 is 1.17 bits per heavy atom. The van der Waals surface area contributed by atoms with Crippen LogP contribution in [0.25, 0.3) is 0 Å². The van der Waals surface area contributed by atoms with Crippen LogP contribution in [0.1, 0.15) is 38.3 Å². The van der Waals surface area contributed by atoms with Crippen LogP contribution < -0.4 is 5.32 Å².